The van der Waals surface area contributed by atoms with Crippen molar-refractivity contribution in [3.05, 3.63) is 16.4 Å². The number of ether oxygens (including phenoxy) is 3. The molecule has 0 spiro atoms. The number of aromatic nitrogens is 2. The highest BCUT2D eigenvalue weighted by molar-refractivity contribution is 5.61. The molecule has 0 aliphatic carbocycles. The number of rotatable bonds is 5. The second-order valence-corrected chi connectivity index (χ2v) is 4.67. The SMILES string of the molecule is COc1ncnc(NCC2COC(C)(C)O2)c1[N+](=O)[O-]. The molecule has 1 saturated heterocycles. The fourth-order valence-corrected chi connectivity index (χ4v) is 1.88. The zero-order valence-electron chi connectivity index (χ0n) is 11.5. The van der Waals surface area contributed by atoms with Crippen molar-refractivity contribution >= 4 is 11.5 Å². The van der Waals surface area contributed by atoms with Crippen LogP contribution < -0.4 is 10.1 Å². The van der Waals surface area contributed by atoms with Crippen LogP contribution in [0.5, 0.6) is 5.88 Å². The van der Waals surface area contributed by atoms with Gasteiger partial charge in [0.1, 0.15) is 12.4 Å². The molecule has 20 heavy (non-hydrogen) atoms. The quantitative estimate of drug-likeness (QED) is 0.629. The Morgan fingerprint density at radius 3 is 2.90 bits per heavy atom. The summed E-state index contributed by atoms with van der Waals surface area (Å²) >= 11 is 0. The van der Waals surface area contributed by atoms with Gasteiger partial charge in [0, 0.05) is 6.54 Å². The molecule has 110 valence electrons. The van der Waals surface area contributed by atoms with Crippen molar-refractivity contribution in [2.24, 2.45) is 0 Å². The topological polar surface area (TPSA) is 109 Å². The fraction of sp³-hybridized carbons (Fsp3) is 0.636. The Kier molecular flexibility index (Phi) is 4.00. The van der Waals surface area contributed by atoms with Crippen molar-refractivity contribution in [3.63, 3.8) is 0 Å². The van der Waals surface area contributed by atoms with Crippen molar-refractivity contribution < 1.29 is 19.1 Å². The number of hydrogen-bond acceptors (Lipinski definition) is 8. The number of nitro groups is 1. The Balaban J connectivity index is 2.08. The molecule has 9 nitrogen and oxygen atoms in total. The molecular weight excluding hydrogens is 268 g/mol. The first-order chi connectivity index (χ1) is 9.43. The number of nitrogens with one attached hydrogen (secondary N) is 1. The van der Waals surface area contributed by atoms with E-state index in [0.717, 1.165) is 0 Å². The van der Waals surface area contributed by atoms with E-state index in [4.69, 9.17) is 14.2 Å². The average Bonchev–Trinajstić information content (AvgIpc) is 2.75. The molecular formula is C11H16N4O5. The van der Waals surface area contributed by atoms with Gasteiger partial charge >= 0.3 is 5.69 Å². The van der Waals surface area contributed by atoms with Crippen molar-refractivity contribution in [2.75, 3.05) is 25.6 Å². The summed E-state index contributed by atoms with van der Waals surface area (Å²) in [7, 11) is 1.32. The summed E-state index contributed by atoms with van der Waals surface area (Å²) in [5, 5.41) is 13.9. The van der Waals surface area contributed by atoms with Gasteiger partial charge in [-0.3, -0.25) is 10.1 Å². The molecule has 1 unspecified atom stereocenters. The van der Waals surface area contributed by atoms with Crippen LogP contribution >= 0.6 is 0 Å². The zero-order valence-corrected chi connectivity index (χ0v) is 11.5. The van der Waals surface area contributed by atoms with Crippen LogP contribution in [-0.2, 0) is 9.47 Å². The number of hydrogen-bond donors (Lipinski definition) is 1. The smallest absolute Gasteiger partial charge is 0.372 e. The first kappa shape index (κ1) is 14.4. The van der Waals surface area contributed by atoms with Gasteiger partial charge in [-0.15, -0.1) is 0 Å². The molecule has 0 radical (unpaired) electrons. The minimum absolute atomic E-state index is 0.0866. The highest BCUT2D eigenvalue weighted by Gasteiger charge is 2.33. The Morgan fingerprint density at radius 1 is 1.60 bits per heavy atom. The van der Waals surface area contributed by atoms with Gasteiger partial charge in [-0.05, 0) is 13.8 Å². The molecule has 0 saturated carbocycles. The number of anilines is 1. The van der Waals surface area contributed by atoms with Crippen LogP contribution in [0, 0.1) is 10.1 Å². The van der Waals surface area contributed by atoms with E-state index in [-0.39, 0.29) is 23.5 Å². The molecule has 0 bridgehead atoms. The van der Waals surface area contributed by atoms with Crippen LogP contribution in [0.4, 0.5) is 11.5 Å². The van der Waals surface area contributed by atoms with Crippen LogP contribution in [-0.4, -0.2) is 47.0 Å². The summed E-state index contributed by atoms with van der Waals surface area (Å²) in [6, 6.07) is 0. The Morgan fingerprint density at radius 2 is 2.35 bits per heavy atom. The standard InChI is InChI=1S/C11H16N4O5/c1-11(2)19-5-7(20-11)4-12-9-8(15(16)17)10(18-3)14-6-13-9/h6-7H,4-5H2,1-3H3,(H,12,13,14). The van der Waals surface area contributed by atoms with Crippen LogP contribution in [0.25, 0.3) is 0 Å². The van der Waals surface area contributed by atoms with Gasteiger partial charge in [-0.2, -0.15) is 4.98 Å². The lowest BCUT2D eigenvalue weighted by molar-refractivity contribution is -0.385. The predicted molar refractivity (Wildman–Crippen MR) is 68.6 cm³/mol. The summed E-state index contributed by atoms with van der Waals surface area (Å²) in [5.74, 6) is -0.631. The summed E-state index contributed by atoms with van der Waals surface area (Å²) in [5.41, 5.74) is -0.298. The maximum Gasteiger partial charge on any atom is 0.372 e. The normalized spacial score (nSPS) is 20.6. The van der Waals surface area contributed by atoms with Crippen molar-refractivity contribution in [3.8, 4) is 5.88 Å². The molecule has 1 aromatic heterocycles. The maximum absolute atomic E-state index is 11.1. The van der Waals surface area contributed by atoms with Gasteiger partial charge in [0.05, 0.1) is 18.6 Å². The van der Waals surface area contributed by atoms with Crippen LogP contribution in [0.15, 0.2) is 6.33 Å². The van der Waals surface area contributed by atoms with E-state index in [9.17, 15) is 10.1 Å². The Labute approximate surface area is 115 Å². The molecule has 2 heterocycles. The lowest BCUT2D eigenvalue weighted by Crippen LogP contribution is -2.26. The molecule has 1 N–H and O–H groups in total. The maximum atomic E-state index is 11.1. The van der Waals surface area contributed by atoms with Crippen LogP contribution in [0.1, 0.15) is 13.8 Å². The largest absolute Gasteiger partial charge is 0.476 e. The molecule has 0 aromatic carbocycles. The Bertz CT molecular complexity index is 508. The van der Waals surface area contributed by atoms with E-state index in [1.54, 1.807) is 0 Å². The van der Waals surface area contributed by atoms with Crippen molar-refractivity contribution in [1.29, 1.82) is 0 Å². The van der Waals surface area contributed by atoms with Gasteiger partial charge in [-0.1, -0.05) is 0 Å². The molecule has 2 rings (SSSR count). The molecule has 1 aliphatic heterocycles. The van der Waals surface area contributed by atoms with Crippen molar-refractivity contribution in [1.82, 2.24) is 9.97 Å². The van der Waals surface area contributed by atoms with Crippen molar-refractivity contribution in [2.45, 2.75) is 25.7 Å². The molecule has 1 atom stereocenters. The second kappa shape index (κ2) is 5.55. The van der Waals surface area contributed by atoms with Gasteiger partial charge in [-0.25, -0.2) is 4.98 Å². The number of methoxy groups -OCH3 is 1. The van der Waals surface area contributed by atoms with E-state index in [1.165, 1.54) is 13.4 Å². The van der Waals surface area contributed by atoms with E-state index >= 15 is 0 Å². The molecule has 1 fully saturated rings. The third kappa shape index (κ3) is 3.11. The third-order valence-electron chi connectivity index (χ3n) is 2.73. The molecule has 0 amide bonds. The summed E-state index contributed by atoms with van der Waals surface area (Å²) in [6.45, 7) is 4.37. The van der Waals surface area contributed by atoms with E-state index in [2.05, 4.69) is 15.3 Å². The zero-order chi connectivity index (χ0) is 14.8. The van der Waals surface area contributed by atoms with E-state index < -0.39 is 10.7 Å². The van der Waals surface area contributed by atoms with Crippen LogP contribution in [0.3, 0.4) is 0 Å². The monoisotopic (exact) mass is 284 g/mol. The predicted octanol–water partition coefficient (Wildman–Crippen LogP) is 0.957. The second-order valence-electron chi connectivity index (χ2n) is 4.67. The fourth-order valence-electron chi connectivity index (χ4n) is 1.88. The third-order valence-corrected chi connectivity index (χ3v) is 2.73. The first-order valence-electron chi connectivity index (χ1n) is 6.02. The van der Waals surface area contributed by atoms with E-state index in [1.807, 2.05) is 13.8 Å². The average molecular weight is 284 g/mol. The summed E-state index contributed by atoms with van der Waals surface area (Å²) < 4.78 is 15.9. The molecule has 9 heteroatoms. The number of nitrogens with zero attached hydrogens (tertiary/aromatic N) is 3. The molecule has 1 aliphatic rings. The van der Waals surface area contributed by atoms with Gasteiger partial charge < -0.3 is 19.5 Å². The summed E-state index contributed by atoms with van der Waals surface area (Å²) in [6.07, 6.45) is 0.995. The molecule has 1 aromatic rings. The Hall–Kier alpha value is -2.00. The van der Waals surface area contributed by atoms with Gasteiger partial charge in [0.2, 0.25) is 5.82 Å². The van der Waals surface area contributed by atoms with Gasteiger partial charge in [0.15, 0.2) is 5.79 Å². The minimum atomic E-state index is -0.637. The van der Waals surface area contributed by atoms with Gasteiger partial charge in [0.25, 0.3) is 5.88 Å². The summed E-state index contributed by atoms with van der Waals surface area (Å²) in [4.78, 5) is 18.0. The first-order valence-corrected chi connectivity index (χ1v) is 6.02. The highest BCUT2D eigenvalue weighted by Crippen LogP contribution is 2.30. The highest BCUT2D eigenvalue weighted by atomic mass is 16.7. The van der Waals surface area contributed by atoms with E-state index in [0.29, 0.717) is 13.2 Å². The lowest BCUT2D eigenvalue weighted by atomic mass is 10.3. The lowest BCUT2D eigenvalue weighted by Gasteiger charge is -2.17. The van der Waals surface area contributed by atoms with Crippen LogP contribution in [0.2, 0.25) is 0 Å². The minimum Gasteiger partial charge on any atom is -0.476 e.